The van der Waals surface area contributed by atoms with Crippen molar-refractivity contribution >= 4 is 24.0 Å². The van der Waals surface area contributed by atoms with E-state index >= 15 is 0 Å². The molecule has 2 aromatic carbocycles. The number of rotatable bonds is 6. The van der Waals surface area contributed by atoms with Crippen molar-refractivity contribution in [3.05, 3.63) is 59.7 Å². The van der Waals surface area contributed by atoms with E-state index in [1.807, 2.05) is 43.3 Å². The maximum atomic E-state index is 12.1. The molecule has 1 unspecified atom stereocenters. The zero-order chi connectivity index (χ0) is 15.9. The normalized spacial score (nSPS) is 11.3. The van der Waals surface area contributed by atoms with Gasteiger partial charge in [0.05, 0.1) is 6.10 Å². The van der Waals surface area contributed by atoms with Gasteiger partial charge >= 0.3 is 0 Å². The fourth-order valence-electron chi connectivity index (χ4n) is 1.93. The van der Waals surface area contributed by atoms with Crippen molar-refractivity contribution in [3.63, 3.8) is 0 Å². The van der Waals surface area contributed by atoms with E-state index in [1.54, 1.807) is 12.1 Å². The van der Waals surface area contributed by atoms with Gasteiger partial charge in [-0.3, -0.25) is 4.79 Å². The summed E-state index contributed by atoms with van der Waals surface area (Å²) in [6, 6.07) is 14.7. The number of amides is 1. The largest absolute Gasteiger partial charge is 0.491 e. The van der Waals surface area contributed by atoms with Crippen LogP contribution in [-0.2, 0) is 6.54 Å². The molecule has 124 valence electrons. The van der Waals surface area contributed by atoms with Crippen LogP contribution in [0.15, 0.2) is 48.5 Å². The first kappa shape index (κ1) is 19.0. The van der Waals surface area contributed by atoms with E-state index in [9.17, 15) is 4.79 Å². The highest BCUT2D eigenvalue weighted by Crippen LogP contribution is 2.18. The lowest BCUT2D eigenvalue weighted by Crippen LogP contribution is -2.12. The molecule has 1 atom stereocenters. The molecule has 0 heterocycles. The van der Waals surface area contributed by atoms with Crippen LogP contribution in [0.3, 0.4) is 0 Å². The maximum absolute atomic E-state index is 12.1. The number of benzene rings is 2. The van der Waals surface area contributed by atoms with Crippen molar-refractivity contribution in [3.8, 4) is 5.75 Å². The summed E-state index contributed by atoms with van der Waals surface area (Å²) in [5.74, 6) is 0.666. The van der Waals surface area contributed by atoms with Gasteiger partial charge in [-0.1, -0.05) is 19.1 Å². The summed E-state index contributed by atoms with van der Waals surface area (Å²) in [4.78, 5) is 12.1. The minimum Gasteiger partial charge on any atom is -0.491 e. The molecule has 0 saturated carbocycles. The third-order valence-electron chi connectivity index (χ3n) is 3.48. The van der Waals surface area contributed by atoms with E-state index < -0.39 is 0 Å². The summed E-state index contributed by atoms with van der Waals surface area (Å²) < 4.78 is 5.71. The number of anilines is 1. The van der Waals surface area contributed by atoms with E-state index in [4.69, 9.17) is 10.5 Å². The first-order chi connectivity index (χ1) is 10.6. The van der Waals surface area contributed by atoms with Gasteiger partial charge in [0, 0.05) is 17.8 Å². The zero-order valence-corrected chi connectivity index (χ0v) is 14.2. The van der Waals surface area contributed by atoms with Gasteiger partial charge in [-0.25, -0.2) is 0 Å². The van der Waals surface area contributed by atoms with Gasteiger partial charge in [0.25, 0.3) is 5.91 Å². The number of nitrogens with one attached hydrogen (secondary N) is 1. The fraction of sp³-hybridized carbons (Fsp3) is 0.278. The molecule has 0 aromatic heterocycles. The first-order valence-electron chi connectivity index (χ1n) is 7.49. The number of carbonyl (C=O) groups is 1. The van der Waals surface area contributed by atoms with Gasteiger partial charge < -0.3 is 15.8 Å². The van der Waals surface area contributed by atoms with Gasteiger partial charge in [-0.15, -0.1) is 12.4 Å². The van der Waals surface area contributed by atoms with Crippen LogP contribution in [0, 0.1) is 0 Å². The van der Waals surface area contributed by atoms with Gasteiger partial charge in [-0.05, 0) is 55.3 Å². The highest BCUT2D eigenvalue weighted by atomic mass is 35.5. The SMILES string of the molecule is CCC(C)Oc1ccc(NC(=O)c2ccc(CN)cc2)cc1.Cl. The van der Waals surface area contributed by atoms with Crippen LogP contribution >= 0.6 is 12.4 Å². The minimum atomic E-state index is -0.140. The summed E-state index contributed by atoms with van der Waals surface area (Å²) in [6.07, 6.45) is 1.14. The average Bonchev–Trinajstić information content (AvgIpc) is 2.56. The molecule has 0 aliphatic heterocycles. The lowest BCUT2D eigenvalue weighted by Gasteiger charge is -2.13. The van der Waals surface area contributed by atoms with Crippen molar-refractivity contribution < 1.29 is 9.53 Å². The lowest BCUT2D eigenvalue weighted by atomic mass is 10.1. The molecule has 0 radical (unpaired) electrons. The van der Waals surface area contributed by atoms with Gasteiger partial charge in [-0.2, -0.15) is 0 Å². The van der Waals surface area contributed by atoms with Gasteiger partial charge in [0.2, 0.25) is 0 Å². The van der Waals surface area contributed by atoms with Crippen LogP contribution in [0.25, 0.3) is 0 Å². The molecule has 23 heavy (non-hydrogen) atoms. The molecule has 0 aliphatic rings. The van der Waals surface area contributed by atoms with Crippen molar-refractivity contribution in [2.75, 3.05) is 5.32 Å². The number of ether oxygens (including phenoxy) is 1. The summed E-state index contributed by atoms with van der Waals surface area (Å²) in [5, 5.41) is 2.86. The Morgan fingerprint density at radius 2 is 1.74 bits per heavy atom. The summed E-state index contributed by atoms with van der Waals surface area (Å²) in [7, 11) is 0. The Kier molecular flexibility index (Phi) is 7.59. The molecule has 0 bridgehead atoms. The van der Waals surface area contributed by atoms with Gasteiger partial charge in [0.1, 0.15) is 5.75 Å². The quantitative estimate of drug-likeness (QED) is 0.839. The molecular weight excluding hydrogens is 312 g/mol. The molecule has 4 nitrogen and oxygen atoms in total. The van der Waals surface area contributed by atoms with Crippen LogP contribution < -0.4 is 15.8 Å². The number of carbonyl (C=O) groups excluding carboxylic acids is 1. The number of hydrogen-bond acceptors (Lipinski definition) is 3. The Morgan fingerprint density at radius 1 is 1.13 bits per heavy atom. The molecule has 0 aliphatic carbocycles. The summed E-state index contributed by atoms with van der Waals surface area (Å²) in [6.45, 7) is 4.58. The third kappa shape index (κ3) is 5.58. The molecule has 0 saturated heterocycles. The monoisotopic (exact) mass is 334 g/mol. The van der Waals surface area contributed by atoms with Crippen LogP contribution in [0.2, 0.25) is 0 Å². The Hall–Kier alpha value is -2.04. The highest BCUT2D eigenvalue weighted by Gasteiger charge is 2.06. The van der Waals surface area contributed by atoms with Crippen molar-refractivity contribution in [1.82, 2.24) is 0 Å². The van der Waals surface area contributed by atoms with E-state index in [-0.39, 0.29) is 24.4 Å². The second kappa shape index (κ2) is 9.18. The topological polar surface area (TPSA) is 64.3 Å². The lowest BCUT2D eigenvalue weighted by molar-refractivity contribution is 0.102. The van der Waals surface area contributed by atoms with Crippen molar-refractivity contribution in [1.29, 1.82) is 0 Å². The average molecular weight is 335 g/mol. The third-order valence-corrected chi connectivity index (χ3v) is 3.48. The number of hydrogen-bond donors (Lipinski definition) is 2. The molecule has 2 aromatic rings. The predicted octanol–water partition coefficient (Wildman–Crippen LogP) is 4.00. The summed E-state index contributed by atoms with van der Waals surface area (Å²) in [5.41, 5.74) is 7.90. The Balaban J connectivity index is 0.00000264. The summed E-state index contributed by atoms with van der Waals surface area (Å²) >= 11 is 0. The Labute approximate surface area is 143 Å². The van der Waals surface area contributed by atoms with E-state index in [0.29, 0.717) is 12.1 Å². The van der Waals surface area contributed by atoms with E-state index in [1.165, 1.54) is 0 Å². The van der Waals surface area contributed by atoms with Crippen LogP contribution in [0.5, 0.6) is 5.75 Å². The zero-order valence-electron chi connectivity index (χ0n) is 13.4. The molecule has 5 heteroatoms. The fourth-order valence-corrected chi connectivity index (χ4v) is 1.93. The van der Waals surface area contributed by atoms with Crippen molar-refractivity contribution in [2.24, 2.45) is 5.73 Å². The Morgan fingerprint density at radius 3 is 2.26 bits per heavy atom. The van der Waals surface area contributed by atoms with E-state index in [0.717, 1.165) is 23.4 Å². The first-order valence-corrected chi connectivity index (χ1v) is 7.49. The number of nitrogens with two attached hydrogens (primary N) is 1. The minimum absolute atomic E-state index is 0. The standard InChI is InChI=1S/C18H22N2O2.ClH/c1-3-13(2)22-17-10-8-16(9-11-17)20-18(21)15-6-4-14(12-19)5-7-15;/h4-11,13H,3,12,19H2,1-2H3,(H,20,21);1H. The number of halogens is 1. The smallest absolute Gasteiger partial charge is 0.255 e. The second-order valence-corrected chi connectivity index (χ2v) is 5.22. The van der Waals surface area contributed by atoms with E-state index in [2.05, 4.69) is 12.2 Å². The molecule has 1 amide bonds. The van der Waals surface area contributed by atoms with Gasteiger partial charge in [0.15, 0.2) is 0 Å². The molecular formula is C18H23ClN2O2. The second-order valence-electron chi connectivity index (χ2n) is 5.22. The predicted molar refractivity (Wildman–Crippen MR) is 96.4 cm³/mol. The van der Waals surface area contributed by atoms with Crippen LogP contribution in [0.4, 0.5) is 5.69 Å². The maximum Gasteiger partial charge on any atom is 0.255 e. The molecule has 0 fully saturated rings. The van der Waals surface area contributed by atoms with Crippen LogP contribution in [-0.4, -0.2) is 12.0 Å². The Bertz CT molecular complexity index is 612. The van der Waals surface area contributed by atoms with Crippen molar-refractivity contribution in [2.45, 2.75) is 32.9 Å². The molecule has 2 rings (SSSR count). The highest BCUT2D eigenvalue weighted by molar-refractivity contribution is 6.04. The van der Waals surface area contributed by atoms with Crippen LogP contribution in [0.1, 0.15) is 36.2 Å². The molecule has 3 N–H and O–H groups in total. The molecule has 0 spiro atoms.